The molecule has 5 aliphatic rings. The Morgan fingerprint density at radius 1 is 0.250 bits per heavy atom. The summed E-state index contributed by atoms with van der Waals surface area (Å²) in [5, 5.41) is 0. The Balaban J connectivity index is 1.85. The third-order valence-electron chi connectivity index (χ3n) is 5.41. The van der Waals surface area contributed by atoms with Crippen LogP contribution in [0.25, 0.3) is 0 Å². The second-order valence-corrected chi connectivity index (χ2v) is 5.83. The van der Waals surface area contributed by atoms with Gasteiger partial charge in [-0.05, 0) is 96.0 Å². The molecule has 0 N–H and O–H groups in total. The van der Waals surface area contributed by atoms with E-state index in [2.05, 4.69) is 0 Å². The van der Waals surface area contributed by atoms with Crippen molar-refractivity contribution in [2.45, 2.75) is 51.4 Å². The number of hydrogen-bond donors (Lipinski definition) is 0. The van der Waals surface area contributed by atoms with Gasteiger partial charge in [0.25, 0.3) is 0 Å². The first kappa shape index (κ1) is 8.11. The molecule has 0 nitrogen and oxygen atoms in total. The molecule has 4 fully saturated rings. The van der Waals surface area contributed by atoms with Crippen LogP contribution in [0.1, 0.15) is 51.4 Å². The fourth-order valence-electron chi connectivity index (χ4n) is 4.16. The number of fused-ring (bicyclic) bond motifs is 4. The lowest BCUT2D eigenvalue weighted by atomic mass is 9.60. The molecule has 0 radical (unpaired) electrons. The minimum atomic E-state index is 1.38. The summed E-state index contributed by atoms with van der Waals surface area (Å²) in [5.41, 5.74) is 14.3. The Morgan fingerprint density at radius 2 is 0.375 bits per heavy atom. The van der Waals surface area contributed by atoms with Crippen molar-refractivity contribution in [3.05, 3.63) is 44.6 Å². The van der Waals surface area contributed by atoms with E-state index >= 15 is 0 Å². The van der Waals surface area contributed by atoms with Crippen molar-refractivity contribution in [2.75, 3.05) is 0 Å². The fraction of sp³-hybridized carbons (Fsp3) is 0.500. The molecule has 0 aromatic carbocycles. The highest BCUT2D eigenvalue weighted by Crippen LogP contribution is 2.58. The van der Waals surface area contributed by atoms with Crippen LogP contribution in [0.5, 0.6) is 0 Å². The van der Waals surface area contributed by atoms with Crippen LogP contribution >= 0.6 is 0 Å². The Labute approximate surface area is 96.4 Å². The molecule has 4 saturated carbocycles. The molecular formula is C16H16. The van der Waals surface area contributed by atoms with Crippen LogP contribution < -0.4 is 0 Å². The highest BCUT2D eigenvalue weighted by Gasteiger charge is 2.39. The maximum atomic E-state index is 1.78. The molecule has 5 rings (SSSR count). The van der Waals surface area contributed by atoms with E-state index < -0.39 is 0 Å². The third kappa shape index (κ3) is 0.714. The number of allylic oxidation sites excluding steroid dienone is 8. The van der Waals surface area contributed by atoms with Crippen molar-refractivity contribution in [3.63, 3.8) is 0 Å². The van der Waals surface area contributed by atoms with Crippen molar-refractivity contribution >= 4 is 0 Å². The smallest absolute Gasteiger partial charge is 0.0232 e. The van der Waals surface area contributed by atoms with E-state index in [0.717, 1.165) is 0 Å². The average molecular weight is 208 g/mol. The van der Waals surface area contributed by atoms with Crippen molar-refractivity contribution in [1.29, 1.82) is 0 Å². The number of rotatable bonds is 0. The molecule has 16 heavy (non-hydrogen) atoms. The molecule has 0 aromatic heterocycles. The molecule has 0 spiro atoms. The van der Waals surface area contributed by atoms with E-state index in [0.29, 0.717) is 0 Å². The minimum absolute atomic E-state index is 1.38. The van der Waals surface area contributed by atoms with E-state index in [1.54, 1.807) is 44.6 Å². The lowest BCUT2D eigenvalue weighted by molar-refractivity contribution is 0.644. The van der Waals surface area contributed by atoms with Crippen molar-refractivity contribution < 1.29 is 0 Å². The van der Waals surface area contributed by atoms with Crippen LogP contribution in [0, 0.1) is 0 Å². The zero-order valence-electron chi connectivity index (χ0n) is 9.66. The van der Waals surface area contributed by atoms with Gasteiger partial charge in [0.2, 0.25) is 0 Å². The zero-order valence-corrected chi connectivity index (χ0v) is 9.66. The van der Waals surface area contributed by atoms with E-state index in [1.807, 2.05) is 0 Å². The quantitative estimate of drug-likeness (QED) is 0.555. The van der Waals surface area contributed by atoms with Gasteiger partial charge in [-0.25, -0.2) is 0 Å². The lowest BCUT2D eigenvalue weighted by Crippen LogP contribution is -2.26. The Kier molecular flexibility index (Phi) is 1.24. The van der Waals surface area contributed by atoms with Crippen LogP contribution in [0.15, 0.2) is 44.6 Å². The standard InChI is InChI=1S/C16H16/c1-2-10-9(1)11-3-4-13(11)15-7-8-16(15)14-6-5-12(10)14/h1-8H2/b11-9-,12-10-,15-13-,16-14-. The topological polar surface area (TPSA) is 0 Å². The van der Waals surface area contributed by atoms with Gasteiger partial charge in [-0.2, -0.15) is 0 Å². The molecule has 0 unspecified atom stereocenters. The summed E-state index contributed by atoms with van der Waals surface area (Å²) >= 11 is 0. The van der Waals surface area contributed by atoms with Crippen molar-refractivity contribution in [2.24, 2.45) is 0 Å². The molecule has 0 bridgehead atoms. The second kappa shape index (κ2) is 2.45. The SMILES string of the molecule is C1C/C2=C3\CC\C3=C3/CC/C3=C3\CC\C3=C/12. The van der Waals surface area contributed by atoms with Crippen LogP contribution in [0.3, 0.4) is 0 Å². The highest BCUT2D eigenvalue weighted by molar-refractivity contribution is 5.69. The van der Waals surface area contributed by atoms with Crippen LogP contribution in [0.4, 0.5) is 0 Å². The molecule has 0 heterocycles. The molecule has 0 saturated heterocycles. The summed E-state index contributed by atoms with van der Waals surface area (Å²) in [6.07, 6.45) is 11.1. The van der Waals surface area contributed by atoms with E-state index in [1.165, 1.54) is 51.4 Å². The Morgan fingerprint density at radius 3 is 0.438 bits per heavy atom. The first-order valence-corrected chi connectivity index (χ1v) is 6.83. The van der Waals surface area contributed by atoms with E-state index in [4.69, 9.17) is 0 Å². The molecule has 0 aliphatic heterocycles. The first-order valence-electron chi connectivity index (χ1n) is 6.83. The molecule has 5 aliphatic carbocycles. The van der Waals surface area contributed by atoms with Crippen molar-refractivity contribution in [1.82, 2.24) is 0 Å². The van der Waals surface area contributed by atoms with Gasteiger partial charge in [0.1, 0.15) is 0 Å². The van der Waals surface area contributed by atoms with Gasteiger partial charge in [0, 0.05) is 0 Å². The van der Waals surface area contributed by atoms with E-state index in [9.17, 15) is 0 Å². The highest BCUT2D eigenvalue weighted by atomic mass is 14.4. The van der Waals surface area contributed by atoms with Crippen LogP contribution in [-0.4, -0.2) is 0 Å². The first-order chi connectivity index (χ1) is 7.93. The largest absolute Gasteiger partial charge is 0.0407 e. The predicted octanol–water partition coefficient (Wildman–Crippen LogP) is 4.36. The number of hydrogen-bond acceptors (Lipinski definition) is 0. The fourth-order valence-corrected chi connectivity index (χ4v) is 4.16. The maximum Gasteiger partial charge on any atom is -0.0232 e. The van der Waals surface area contributed by atoms with Gasteiger partial charge in [0.15, 0.2) is 0 Å². The van der Waals surface area contributed by atoms with Gasteiger partial charge < -0.3 is 0 Å². The summed E-state index contributed by atoms with van der Waals surface area (Å²) in [6, 6.07) is 0. The monoisotopic (exact) mass is 208 g/mol. The average Bonchev–Trinajstić information content (AvgIpc) is 2.17. The molecule has 0 heteroatoms. The van der Waals surface area contributed by atoms with Gasteiger partial charge >= 0.3 is 0 Å². The second-order valence-electron chi connectivity index (χ2n) is 5.83. The lowest BCUT2D eigenvalue weighted by Gasteiger charge is -2.45. The molecule has 0 atom stereocenters. The zero-order chi connectivity index (χ0) is 10.3. The predicted molar refractivity (Wildman–Crippen MR) is 65.0 cm³/mol. The molecule has 0 amide bonds. The van der Waals surface area contributed by atoms with Crippen LogP contribution in [-0.2, 0) is 0 Å². The normalized spacial score (nSPS) is 48.0. The molecule has 0 aromatic rings. The minimum Gasteiger partial charge on any atom is -0.0407 e. The van der Waals surface area contributed by atoms with Gasteiger partial charge in [-0.3, -0.25) is 0 Å². The third-order valence-corrected chi connectivity index (χ3v) is 5.41. The maximum absolute atomic E-state index is 1.78. The van der Waals surface area contributed by atoms with Gasteiger partial charge in [-0.15, -0.1) is 0 Å². The summed E-state index contributed by atoms with van der Waals surface area (Å²) in [7, 11) is 0. The Hall–Kier alpha value is -1.04. The Bertz CT molecular complexity index is 387. The summed E-state index contributed by atoms with van der Waals surface area (Å²) < 4.78 is 0. The summed E-state index contributed by atoms with van der Waals surface area (Å²) in [6.45, 7) is 0. The van der Waals surface area contributed by atoms with Gasteiger partial charge in [-0.1, -0.05) is 0 Å². The summed E-state index contributed by atoms with van der Waals surface area (Å²) in [4.78, 5) is 0. The van der Waals surface area contributed by atoms with E-state index in [-0.39, 0.29) is 0 Å². The molecule has 80 valence electrons. The summed E-state index contributed by atoms with van der Waals surface area (Å²) in [5.74, 6) is 0. The van der Waals surface area contributed by atoms with Gasteiger partial charge in [0.05, 0.1) is 0 Å². The van der Waals surface area contributed by atoms with Crippen LogP contribution in [0.2, 0.25) is 0 Å². The van der Waals surface area contributed by atoms with Crippen molar-refractivity contribution in [3.8, 4) is 0 Å². The molecular weight excluding hydrogens is 192 g/mol.